The van der Waals surface area contributed by atoms with E-state index in [-0.39, 0.29) is 17.0 Å². The highest BCUT2D eigenvalue weighted by Crippen LogP contribution is 2.36. The molecule has 4 rings (SSSR count). The van der Waals surface area contributed by atoms with E-state index in [9.17, 15) is 13.4 Å². The second-order valence-corrected chi connectivity index (χ2v) is 10.5. The number of aromatic amines is 1. The highest BCUT2D eigenvalue weighted by atomic mass is 35.5. The van der Waals surface area contributed by atoms with Gasteiger partial charge >= 0.3 is 0 Å². The molecule has 158 valence electrons. The first-order chi connectivity index (χ1) is 14.2. The van der Waals surface area contributed by atoms with Gasteiger partial charge in [-0.05, 0) is 42.6 Å². The van der Waals surface area contributed by atoms with Crippen molar-refractivity contribution in [2.24, 2.45) is 0 Å². The van der Waals surface area contributed by atoms with Gasteiger partial charge in [-0.15, -0.1) is 11.3 Å². The van der Waals surface area contributed by atoms with Crippen molar-refractivity contribution in [3.05, 3.63) is 58.4 Å². The summed E-state index contributed by atoms with van der Waals surface area (Å²) in [4.78, 5) is 14.9. The van der Waals surface area contributed by atoms with E-state index in [4.69, 9.17) is 11.6 Å². The number of hydrogen-bond acceptors (Lipinski definition) is 4. The van der Waals surface area contributed by atoms with E-state index in [0.717, 1.165) is 15.3 Å². The zero-order chi connectivity index (χ0) is 21.5. The number of carbonyl (C=O) groups is 1. The number of halogens is 2. The molecule has 11 heteroatoms. The third-order valence-electron chi connectivity index (χ3n) is 4.93. The van der Waals surface area contributed by atoms with Crippen LogP contribution in [0, 0.1) is 5.82 Å². The van der Waals surface area contributed by atoms with Crippen LogP contribution in [0.5, 0.6) is 0 Å². The molecule has 3 unspecified atom stereocenters. The fraction of sp³-hybridized carbons (Fsp3) is 0.211. The number of anilines is 1. The first-order valence-corrected chi connectivity index (χ1v) is 11.8. The number of likely N-dealkylation sites (N-methyl/N-ethyl adjacent to an activating group) is 1. The van der Waals surface area contributed by atoms with Crippen LogP contribution < -0.4 is 10.0 Å². The number of carbonyl (C=O) groups excluding carboxylic acids is 1. The van der Waals surface area contributed by atoms with Crippen molar-refractivity contribution >= 4 is 50.3 Å². The molecule has 1 aromatic carbocycles. The molecule has 30 heavy (non-hydrogen) atoms. The van der Waals surface area contributed by atoms with E-state index in [0.29, 0.717) is 12.1 Å². The van der Waals surface area contributed by atoms with Crippen LogP contribution in [0.15, 0.2) is 42.7 Å². The standard InChI is InChI=1S/C19H19ClFN5O2S2/c1-26-16(19(27)24-12-3-4-14(21)13(20)7-12)8-15(25-30(26,2)28)18-6-5-17(29-18)11-9-22-23-10-11/h3-7,9-10,15-16H,2,8H2,1H3,(H,22,23)(H,24,27)(H,25,28). The molecule has 7 nitrogen and oxygen atoms in total. The Bertz CT molecular complexity index is 1180. The number of nitrogens with zero attached hydrogens (tertiary/aromatic N) is 2. The zero-order valence-electron chi connectivity index (χ0n) is 15.9. The van der Waals surface area contributed by atoms with Gasteiger partial charge in [0.1, 0.15) is 11.9 Å². The van der Waals surface area contributed by atoms with Gasteiger partial charge in [-0.2, -0.15) is 5.10 Å². The second-order valence-electron chi connectivity index (χ2n) is 6.92. The molecule has 0 spiro atoms. The maximum absolute atomic E-state index is 13.4. The fourth-order valence-corrected chi connectivity index (χ4v) is 5.99. The van der Waals surface area contributed by atoms with Crippen molar-refractivity contribution in [1.29, 1.82) is 0 Å². The van der Waals surface area contributed by atoms with E-state index in [1.807, 2.05) is 12.1 Å². The lowest BCUT2D eigenvalue weighted by Gasteiger charge is -2.39. The van der Waals surface area contributed by atoms with E-state index in [1.165, 1.54) is 33.8 Å². The summed E-state index contributed by atoms with van der Waals surface area (Å²) in [5, 5.41) is 9.38. The zero-order valence-corrected chi connectivity index (χ0v) is 18.3. The van der Waals surface area contributed by atoms with Crippen LogP contribution >= 0.6 is 22.9 Å². The Morgan fingerprint density at radius 3 is 2.93 bits per heavy atom. The average Bonchev–Trinajstić information content (AvgIpc) is 3.38. The number of thiophene rings is 1. The molecule has 2 aromatic heterocycles. The van der Waals surface area contributed by atoms with E-state index in [1.54, 1.807) is 19.4 Å². The van der Waals surface area contributed by atoms with Crippen LogP contribution in [0.1, 0.15) is 17.3 Å². The van der Waals surface area contributed by atoms with Gasteiger partial charge in [-0.3, -0.25) is 9.89 Å². The Labute approximate surface area is 182 Å². The molecule has 1 fully saturated rings. The van der Waals surface area contributed by atoms with Crippen molar-refractivity contribution in [3.8, 4) is 10.4 Å². The van der Waals surface area contributed by atoms with Crippen molar-refractivity contribution in [1.82, 2.24) is 19.2 Å². The maximum Gasteiger partial charge on any atom is 0.242 e. The van der Waals surface area contributed by atoms with Gasteiger partial charge in [0.2, 0.25) is 5.91 Å². The van der Waals surface area contributed by atoms with E-state index < -0.39 is 21.8 Å². The Morgan fingerprint density at radius 2 is 2.23 bits per heavy atom. The number of rotatable bonds is 4. The van der Waals surface area contributed by atoms with Crippen molar-refractivity contribution in [3.63, 3.8) is 0 Å². The van der Waals surface area contributed by atoms with Gasteiger partial charge in [0, 0.05) is 34.2 Å². The lowest BCUT2D eigenvalue weighted by atomic mass is 10.1. The topological polar surface area (TPSA) is 90.1 Å². The van der Waals surface area contributed by atoms with Gasteiger partial charge in [-0.25, -0.2) is 17.6 Å². The SMILES string of the molecule is C=S1(=O)NC(c2ccc(-c3cn[nH]c3)s2)CC(C(=O)Nc2ccc(F)c(Cl)c2)N1C. The highest BCUT2D eigenvalue weighted by Gasteiger charge is 2.38. The van der Waals surface area contributed by atoms with Crippen molar-refractivity contribution < 1.29 is 13.4 Å². The Kier molecular flexibility index (Phi) is 5.69. The summed E-state index contributed by atoms with van der Waals surface area (Å²) < 4.78 is 31.0. The lowest BCUT2D eigenvalue weighted by molar-refractivity contribution is -0.120. The number of H-pyrrole nitrogens is 1. The highest BCUT2D eigenvalue weighted by molar-refractivity contribution is 7.96. The number of nitrogens with one attached hydrogen (secondary N) is 3. The summed E-state index contributed by atoms with van der Waals surface area (Å²) >= 11 is 7.33. The van der Waals surface area contributed by atoms with Crippen LogP contribution in [0.3, 0.4) is 0 Å². The van der Waals surface area contributed by atoms with Crippen LogP contribution in [-0.4, -0.2) is 43.6 Å². The molecular formula is C19H19ClFN5O2S2. The predicted molar refractivity (Wildman–Crippen MR) is 119 cm³/mol. The summed E-state index contributed by atoms with van der Waals surface area (Å²) in [5.74, 6) is 2.85. The normalized spacial score (nSPS) is 24.6. The van der Waals surface area contributed by atoms with Crippen LogP contribution in [0.2, 0.25) is 5.02 Å². The summed E-state index contributed by atoms with van der Waals surface area (Å²) in [6.45, 7) is 0. The smallest absolute Gasteiger partial charge is 0.242 e. The quantitative estimate of drug-likeness (QED) is 0.513. The molecule has 1 aliphatic rings. The first-order valence-electron chi connectivity index (χ1n) is 8.97. The number of benzene rings is 1. The van der Waals surface area contributed by atoms with Gasteiger partial charge in [0.25, 0.3) is 0 Å². The molecule has 1 saturated heterocycles. The van der Waals surface area contributed by atoms with E-state index >= 15 is 0 Å². The monoisotopic (exact) mass is 467 g/mol. The average molecular weight is 468 g/mol. The third-order valence-corrected chi connectivity index (χ3v) is 8.31. The van der Waals surface area contributed by atoms with Gasteiger partial charge in [-0.1, -0.05) is 11.6 Å². The fourth-order valence-electron chi connectivity index (χ4n) is 3.26. The molecule has 3 heterocycles. The third kappa shape index (κ3) is 4.14. The molecule has 1 aliphatic heterocycles. The van der Waals surface area contributed by atoms with Gasteiger partial charge in [0.05, 0.1) is 27.2 Å². The lowest BCUT2D eigenvalue weighted by Crippen LogP contribution is -2.55. The summed E-state index contributed by atoms with van der Waals surface area (Å²) in [6.07, 6.45) is 3.91. The largest absolute Gasteiger partial charge is 0.325 e. The molecule has 3 N–H and O–H groups in total. The molecule has 3 atom stereocenters. The van der Waals surface area contributed by atoms with E-state index in [2.05, 4.69) is 26.1 Å². The molecular weight excluding hydrogens is 449 g/mol. The second kappa shape index (κ2) is 8.12. The number of amides is 1. The molecule has 1 amide bonds. The summed E-state index contributed by atoms with van der Waals surface area (Å²) in [6, 6.07) is 6.83. The first kappa shape index (κ1) is 21.0. The minimum Gasteiger partial charge on any atom is -0.325 e. The van der Waals surface area contributed by atoms with Crippen molar-refractivity contribution in [2.45, 2.75) is 18.5 Å². The number of aromatic nitrogens is 2. The van der Waals surface area contributed by atoms with Gasteiger partial charge < -0.3 is 5.32 Å². The maximum atomic E-state index is 13.4. The van der Waals surface area contributed by atoms with Crippen LogP contribution in [-0.2, 0) is 14.7 Å². The minimum absolute atomic E-state index is 0.0874. The molecule has 0 aliphatic carbocycles. The molecule has 0 bridgehead atoms. The summed E-state index contributed by atoms with van der Waals surface area (Å²) in [5.41, 5.74) is 1.32. The number of hydrogen-bond donors (Lipinski definition) is 3. The van der Waals surface area contributed by atoms with Crippen LogP contribution in [0.25, 0.3) is 10.4 Å². The van der Waals surface area contributed by atoms with Crippen molar-refractivity contribution in [2.75, 3.05) is 12.4 Å². The Hall–Kier alpha value is -2.24. The predicted octanol–water partition coefficient (Wildman–Crippen LogP) is 3.45. The summed E-state index contributed by atoms with van der Waals surface area (Å²) in [7, 11) is -1.29. The molecule has 3 aromatic rings. The van der Waals surface area contributed by atoms with Gasteiger partial charge in [0.15, 0.2) is 0 Å². The Morgan fingerprint density at radius 1 is 1.43 bits per heavy atom. The molecule has 0 radical (unpaired) electrons. The molecule has 0 saturated carbocycles. The van der Waals surface area contributed by atoms with Crippen LogP contribution in [0.4, 0.5) is 10.1 Å². The minimum atomic E-state index is -2.88. The Balaban J connectivity index is 1.57.